The van der Waals surface area contributed by atoms with Crippen LogP contribution in [0.5, 0.6) is 0 Å². The largest absolute Gasteiger partial charge is 0.341 e. The third-order valence-corrected chi connectivity index (χ3v) is 6.38. The van der Waals surface area contributed by atoms with Crippen molar-refractivity contribution in [3.8, 4) is 0 Å². The minimum absolute atomic E-state index is 0.0230. The van der Waals surface area contributed by atoms with Crippen molar-refractivity contribution in [1.29, 1.82) is 0 Å². The standard InChI is InChI=1S/C23H33ClN4O3/c1-16(2)25-23(31)28-14-10-17(11-15-28)20(22(30)27-12-6-3-7-13-27)26-21(29)18-8-4-5-9-19(18)24/h4-5,8-9,16-17,20H,3,6-7,10-15H2,1-2H3,(H,25,31)(H,26,29)/t20-/m0/s1. The number of amides is 4. The van der Waals surface area contributed by atoms with Crippen LogP contribution in [0.15, 0.2) is 24.3 Å². The number of rotatable bonds is 5. The summed E-state index contributed by atoms with van der Waals surface area (Å²) in [6, 6.07) is 6.25. The number of nitrogens with one attached hydrogen (secondary N) is 2. The molecular formula is C23H33ClN4O3. The van der Waals surface area contributed by atoms with Gasteiger partial charge in [0.15, 0.2) is 0 Å². The van der Waals surface area contributed by atoms with E-state index in [2.05, 4.69) is 10.6 Å². The van der Waals surface area contributed by atoms with E-state index in [0.29, 0.717) is 36.5 Å². The molecule has 1 aromatic rings. The van der Waals surface area contributed by atoms with Gasteiger partial charge in [-0.05, 0) is 64.0 Å². The van der Waals surface area contributed by atoms with Gasteiger partial charge in [-0.2, -0.15) is 0 Å². The van der Waals surface area contributed by atoms with E-state index in [1.54, 1.807) is 29.2 Å². The molecule has 2 heterocycles. The molecule has 2 N–H and O–H groups in total. The summed E-state index contributed by atoms with van der Waals surface area (Å²) in [5.74, 6) is -0.380. The molecule has 0 radical (unpaired) electrons. The van der Waals surface area contributed by atoms with Crippen LogP contribution < -0.4 is 10.6 Å². The zero-order chi connectivity index (χ0) is 22.4. The molecule has 8 heteroatoms. The number of carbonyl (C=O) groups is 3. The van der Waals surface area contributed by atoms with Gasteiger partial charge in [-0.1, -0.05) is 23.7 Å². The second-order valence-electron chi connectivity index (χ2n) is 8.75. The summed E-state index contributed by atoms with van der Waals surface area (Å²) in [5, 5.41) is 6.27. The predicted octanol–water partition coefficient (Wildman–Crippen LogP) is 3.28. The lowest BCUT2D eigenvalue weighted by Gasteiger charge is -2.38. The molecule has 170 valence electrons. The molecule has 2 aliphatic rings. The van der Waals surface area contributed by atoms with Crippen LogP contribution in [-0.2, 0) is 4.79 Å². The first-order chi connectivity index (χ1) is 14.9. The van der Waals surface area contributed by atoms with Gasteiger partial charge in [-0.25, -0.2) is 4.79 Å². The van der Waals surface area contributed by atoms with Gasteiger partial charge in [0.1, 0.15) is 6.04 Å². The van der Waals surface area contributed by atoms with Crippen molar-refractivity contribution in [3.63, 3.8) is 0 Å². The number of carbonyl (C=O) groups excluding carboxylic acids is 3. The molecule has 0 spiro atoms. The van der Waals surface area contributed by atoms with Crippen molar-refractivity contribution in [2.24, 2.45) is 5.92 Å². The van der Waals surface area contributed by atoms with Gasteiger partial charge in [0.05, 0.1) is 10.6 Å². The van der Waals surface area contributed by atoms with E-state index in [-0.39, 0.29) is 29.8 Å². The van der Waals surface area contributed by atoms with Crippen molar-refractivity contribution in [2.75, 3.05) is 26.2 Å². The Labute approximate surface area is 189 Å². The lowest BCUT2D eigenvalue weighted by Crippen LogP contribution is -2.56. The first kappa shape index (κ1) is 23.4. The predicted molar refractivity (Wildman–Crippen MR) is 121 cm³/mol. The van der Waals surface area contributed by atoms with Gasteiger partial charge in [0.25, 0.3) is 5.91 Å². The number of hydrogen-bond acceptors (Lipinski definition) is 3. The van der Waals surface area contributed by atoms with Crippen LogP contribution in [0.3, 0.4) is 0 Å². The number of nitrogens with zero attached hydrogens (tertiary/aromatic N) is 2. The van der Waals surface area contributed by atoms with Gasteiger partial charge >= 0.3 is 6.03 Å². The monoisotopic (exact) mass is 448 g/mol. The van der Waals surface area contributed by atoms with Crippen LogP contribution in [0.2, 0.25) is 5.02 Å². The molecule has 2 saturated heterocycles. The Hall–Kier alpha value is -2.28. The first-order valence-corrected chi connectivity index (χ1v) is 11.6. The topological polar surface area (TPSA) is 81.8 Å². The molecule has 0 aromatic heterocycles. The third-order valence-electron chi connectivity index (χ3n) is 6.05. The van der Waals surface area contributed by atoms with Gasteiger partial charge in [0, 0.05) is 32.2 Å². The second kappa shape index (κ2) is 10.8. The van der Waals surface area contributed by atoms with Gasteiger partial charge in [0.2, 0.25) is 5.91 Å². The fraction of sp³-hybridized carbons (Fsp3) is 0.609. The Balaban J connectivity index is 1.72. The highest BCUT2D eigenvalue weighted by molar-refractivity contribution is 6.33. The van der Waals surface area contributed by atoms with Crippen LogP contribution in [0, 0.1) is 5.92 Å². The highest BCUT2D eigenvalue weighted by Crippen LogP contribution is 2.25. The van der Waals surface area contributed by atoms with Crippen molar-refractivity contribution < 1.29 is 14.4 Å². The van der Waals surface area contributed by atoms with Crippen molar-refractivity contribution in [3.05, 3.63) is 34.9 Å². The summed E-state index contributed by atoms with van der Waals surface area (Å²) in [7, 11) is 0. The molecule has 0 saturated carbocycles. The molecule has 1 atom stereocenters. The van der Waals surface area contributed by atoms with Crippen molar-refractivity contribution in [1.82, 2.24) is 20.4 Å². The van der Waals surface area contributed by atoms with E-state index in [1.807, 2.05) is 18.7 Å². The van der Waals surface area contributed by atoms with Crippen LogP contribution in [0.1, 0.15) is 56.3 Å². The Morgan fingerprint density at radius 3 is 2.19 bits per heavy atom. The molecule has 3 rings (SSSR count). The number of likely N-dealkylation sites (tertiary alicyclic amines) is 2. The van der Waals surface area contributed by atoms with Crippen molar-refractivity contribution in [2.45, 2.75) is 58.0 Å². The maximum atomic E-state index is 13.4. The molecule has 1 aromatic carbocycles. The lowest BCUT2D eigenvalue weighted by molar-refractivity contribution is -0.136. The maximum Gasteiger partial charge on any atom is 0.317 e. The Bertz CT molecular complexity index is 787. The summed E-state index contributed by atoms with van der Waals surface area (Å²) < 4.78 is 0. The van der Waals surface area contributed by atoms with E-state index in [9.17, 15) is 14.4 Å². The van der Waals surface area contributed by atoms with E-state index in [0.717, 1.165) is 32.4 Å². The van der Waals surface area contributed by atoms with E-state index in [4.69, 9.17) is 11.6 Å². The van der Waals surface area contributed by atoms with Crippen LogP contribution >= 0.6 is 11.6 Å². The Kier molecular flexibility index (Phi) is 8.18. The molecule has 4 amide bonds. The van der Waals surface area contributed by atoms with E-state index in [1.165, 1.54) is 0 Å². The molecular weight excluding hydrogens is 416 g/mol. The fourth-order valence-corrected chi connectivity index (χ4v) is 4.55. The highest BCUT2D eigenvalue weighted by atomic mass is 35.5. The Morgan fingerprint density at radius 2 is 1.58 bits per heavy atom. The number of urea groups is 1. The van der Waals surface area contributed by atoms with E-state index >= 15 is 0 Å². The highest BCUT2D eigenvalue weighted by Gasteiger charge is 2.36. The Morgan fingerprint density at radius 1 is 0.935 bits per heavy atom. The van der Waals surface area contributed by atoms with Gasteiger partial charge in [-0.3, -0.25) is 9.59 Å². The SMILES string of the molecule is CC(C)NC(=O)N1CCC([C@H](NC(=O)c2ccccc2Cl)C(=O)N2CCCCC2)CC1. The smallest absolute Gasteiger partial charge is 0.317 e. The van der Waals surface area contributed by atoms with Crippen molar-refractivity contribution >= 4 is 29.4 Å². The summed E-state index contributed by atoms with van der Waals surface area (Å²) in [6.07, 6.45) is 4.44. The zero-order valence-corrected chi connectivity index (χ0v) is 19.2. The number of hydrogen-bond donors (Lipinski definition) is 2. The average Bonchev–Trinajstić information content (AvgIpc) is 2.77. The molecule has 7 nitrogen and oxygen atoms in total. The summed E-state index contributed by atoms with van der Waals surface area (Å²) >= 11 is 6.20. The minimum Gasteiger partial charge on any atom is -0.341 e. The second-order valence-corrected chi connectivity index (χ2v) is 9.15. The summed E-state index contributed by atoms with van der Waals surface area (Å²) in [5.41, 5.74) is 0.370. The fourth-order valence-electron chi connectivity index (χ4n) is 4.33. The van der Waals surface area contributed by atoms with Crippen LogP contribution in [-0.4, -0.2) is 65.9 Å². The lowest BCUT2D eigenvalue weighted by atomic mass is 9.88. The molecule has 2 fully saturated rings. The van der Waals surface area contributed by atoms with Gasteiger partial charge < -0.3 is 20.4 Å². The average molecular weight is 449 g/mol. The third kappa shape index (κ3) is 6.12. The summed E-state index contributed by atoms with van der Waals surface area (Å²) in [6.45, 7) is 6.45. The normalized spacial score (nSPS) is 18.6. The zero-order valence-electron chi connectivity index (χ0n) is 18.4. The number of benzene rings is 1. The summed E-state index contributed by atoms with van der Waals surface area (Å²) in [4.78, 5) is 42.3. The first-order valence-electron chi connectivity index (χ1n) is 11.3. The molecule has 31 heavy (non-hydrogen) atoms. The maximum absolute atomic E-state index is 13.4. The molecule has 0 aliphatic carbocycles. The van der Waals surface area contributed by atoms with E-state index < -0.39 is 6.04 Å². The molecule has 0 unspecified atom stereocenters. The number of halogens is 1. The minimum atomic E-state index is -0.614. The van der Waals surface area contributed by atoms with Crippen LogP contribution in [0.4, 0.5) is 4.79 Å². The quantitative estimate of drug-likeness (QED) is 0.725. The van der Waals surface area contributed by atoms with Crippen LogP contribution in [0.25, 0.3) is 0 Å². The number of piperidine rings is 2. The molecule has 2 aliphatic heterocycles. The molecule has 0 bridgehead atoms. The van der Waals surface area contributed by atoms with Gasteiger partial charge in [-0.15, -0.1) is 0 Å².